The average Bonchev–Trinajstić information content (AvgIpc) is 2.69. The molecule has 0 spiro atoms. The zero-order valence-electron chi connectivity index (χ0n) is 14.6. The summed E-state index contributed by atoms with van der Waals surface area (Å²) in [5.74, 6) is 0.740. The van der Waals surface area contributed by atoms with Crippen LogP contribution in [-0.2, 0) is 6.54 Å². The second-order valence-electron chi connectivity index (χ2n) is 5.99. The van der Waals surface area contributed by atoms with Crippen molar-refractivity contribution < 1.29 is 4.79 Å². The van der Waals surface area contributed by atoms with E-state index in [1.165, 1.54) is 4.90 Å². The second-order valence-corrected chi connectivity index (χ2v) is 7.21. The van der Waals surface area contributed by atoms with Gasteiger partial charge in [-0.1, -0.05) is 59.1 Å². The van der Waals surface area contributed by atoms with E-state index in [1.807, 2.05) is 18.2 Å². The number of nitrogens with zero attached hydrogens (tertiary/aromatic N) is 3. The van der Waals surface area contributed by atoms with E-state index in [0.29, 0.717) is 43.8 Å². The summed E-state index contributed by atoms with van der Waals surface area (Å²) in [6, 6.07) is 12.0. The second kappa shape index (κ2) is 7.47. The van der Waals surface area contributed by atoms with Crippen molar-refractivity contribution >= 4 is 58.3 Å². The summed E-state index contributed by atoms with van der Waals surface area (Å²) < 4.78 is 0. The predicted molar refractivity (Wildman–Crippen MR) is 113 cm³/mol. The summed E-state index contributed by atoms with van der Waals surface area (Å²) in [6.07, 6.45) is 0. The van der Waals surface area contributed by atoms with Crippen molar-refractivity contribution in [3.05, 3.63) is 63.1 Å². The first kappa shape index (κ1) is 18.8. The third-order valence-corrected chi connectivity index (χ3v) is 5.27. The maximum atomic E-state index is 12.8. The molecule has 0 radical (unpaired) electrons. The number of anilines is 3. The first-order valence-electron chi connectivity index (χ1n) is 8.36. The molecule has 1 aliphatic heterocycles. The minimum atomic E-state index is -0.381. The molecule has 2 aromatic carbocycles. The van der Waals surface area contributed by atoms with Gasteiger partial charge < -0.3 is 10.6 Å². The van der Waals surface area contributed by atoms with Gasteiger partial charge in [0.2, 0.25) is 5.95 Å². The first-order chi connectivity index (χ1) is 13.5. The number of fused-ring (bicyclic) bond motifs is 1. The molecule has 6 nitrogen and oxygen atoms in total. The van der Waals surface area contributed by atoms with E-state index >= 15 is 0 Å². The molecular weight excluding hydrogens is 421 g/mol. The highest BCUT2D eigenvalue weighted by atomic mass is 35.5. The highest BCUT2D eigenvalue weighted by molar-refractivity contribution is 6.40. The first-order valence-corrected chi connectivity index (χ1v) is 9.50. The maximum absolute atomic E-state index is 12.8. The monoisotopic (exact) mass is 433 g/mol. The van der Waals surface area contributed by atoms with Gasteiger partial charge in [0.05, 0.1) is 28.0 Å². The highest BCUT2D eigenvalue weighted by Crippen LogP contribution is 2.42. The van der Waals surface area contributed by atoms with Gasteiger partial charge in [0.15, 0.2) is 5.82 Å². The Bertz CT molecular complexity index is 1070. The fourth-order valence-corrected chi connectivity index (χ4v) is 3.85. The molecule has 0 unspecified atom stereocenters. The average molecular weight is 435 g/mol. The minimum absolute atomic E-state index is 0.247. The van der Waals surface area contributed by atoms with Gasteiger partial charge in [-0.15, -0.1) is 0 Å². The smallest absolute Gasteiger partial charge is 0.328 e. The maximum Gasteiger partial charge on any atom is 0.328 e. The Hall–Kier alpha value is -2.54. The molecule has 0 fully saturated rings. The molecule has 2 amide bonds. The number of hydrogen-bond donors (Lipinski definition) is 2. The lowest BCUT2D eigenvalue weighted by Gasteiger charge is -2.31. The molecule has 0 atom stereocenters. The molecule has 1 aromatic heterocycles. The van der Waals surface area contributed by atoms with E-state index in [-0.39, 0.29) is 12.6 Å². The molecule has 0 aliphatic carbocycles. The third-order valence-electron chi connectivity index (χ3n) is 4.33. The largest absolute Gasteiger partial charge is 0.357 e. The number of para-hydroxylation sites is 1. The molecule has 4 rings (SSSR count). The Morgan fingerprint density at radius 1 is 1.00 bits per heavy atom. The molecule has 1 aliphatic rings. The van der Waals surface area contributed by atoms with Crippen LogP contribution in [0.4, 0.5) is 22.2 Å². The van der Waals surface area contributed by atoms with Crippen LogP contribution in [0.25, 0.3) is 11.3 Å². The van der Waals surface area contributed by atoms with Gasteiger partial charge in [0, 0.05) is 23.2 Å². The van der Waals surface area contributed by atoms with Crippen LogP contribution in [0.2, 0.25) is 15.1 Å². The van der Waals surface area contributed by atoms with E-state index < -0.39 is 0 Å². The summed E-state index contributed by atoms with van der Waals surface area (Å²) in [5, 5.41) is 6.98. The lowest BCUT2D eigenvalue weighted by Crippen LogP contribution is -2.42. The minimum Gasteiger partial charge on any atom is -0.357 e. The van der Waals surface area contributed by atoms with Crippen molar-refractivity contribution in [3.8, 4) is 11.3 Å². The fraction of sp³-hybridized carbons (Fsp3) is 0.105. The summed E-state index contributed by atoms with van der Waals surface area (Å²) in [7, 11) is 1.70. The number of carbonyl (C=O) groups is 1. The van der Waals surface area contributed by atoms with Crippen LogP contribution in [0.3, 0.4) is 0 Å². The Morgan fingerprint density at radius 3 is 2.36 bits per heavy atom. The van der Waals surface area contributed by atoms with Crippen LogP contribution in [0.5, 0.6) is 0 Å². The molecule has 142 valence electrons. The van der Waals surface area contributed by atoms with Crippen LogP contribution >= 0.6 is 34.8 Å². The van der Waals surface area contributed by atoms with E-state index in [4.69, 9.17) is 34.8 Å². The van der Waals surface area contributed by atoms with E-state index in [2.05, 4.69) is 20.6 Å². The number of rotatable bonds is 3. The normalized spacial score (nSPS) is 13.1. The molecule has 0 saturated carbocycles. The third kappa shape index (κ3) is 3.13. The van der Waals surface area contributed by atoms with E-state index in [9.17, 15) is 4.79 Å². The molecule has 2 N–H and O–H groups in total. The van der Waals surface area contributed by atoms with Crippen molar-refractivity contribution in [1.82, 2.24) is 15.3 Å². The number of nitrogens with one attached hydrogen (secondary N) is 2. The van der Waals surface area contributed by atoms with Gasteiger partial charge in [0.1, 0.15) is 0 Å². The summed E-state index contributed by atoms with van der Waals surface area (Å²) in [6.45, 7) is 0.247. The Kier molecular flexibility index (Phi) is 5.02. The number of amides is 2. The van der Waals surface area contributed by atoms with Gasteiger partial charge >= 0.3 is 6.03 Å². The standard InChI is InChI=1S/C19H14Cl3N5O/c1-23-18-25-15(10-5-2-3-6-12(10)20)11-9-24-19(28)27(17(11)26-18)16-13(21)7-4-8-14(16)22/h2-8H,9H2,1H3,(H,24,28)(H,23,25,26). The quantitative estimate of drug-likeness (QED) is 0.570. The van der Waals surface area contributed by atoms with Crippen molar-refractivity contribution in [3.63, 3.8) is 0 Å². The topological polar surface area (TPSA) is 70.2 Å². The van der Waals surface area contributed by atoms with Crippen LogP contribution in [0.1, 0.15) is 5.56 Å². The number of hydrogen-bond acceptors (Lipinski definition) is 4. The fourth-order valence-electron chi connectivity index (χ4n) is 3.06. The number of aromatic nitrogens is 2. The van der Waals surface area contributed by atoms with Gasteiger partial charge in [-0.2, -0.15) is 4.98 Å². The number of urea groups is 1. The Labute approximate surface area is 176 Å². The number of carbonyl (C=O) groups excluding carboxylic acids is 1. The van der Waals surface area contributed by atoms with Crippen molar-refractivity contribution in [1.29, 1.82) is 0 Å². The molecule has 3 aromatic rings. The van der Waals surface area contributed by atoms with Gasteiger partial charge in [-0.25, -0.2) is 14.7 Å². The summed E-state index contributed by atoms with van der Waals surface area (Å²) in [4.78, 5) is 23.2. The van der Waals surface area contributed by atoms with Crippen LogP contribution < -0.4 is 15.5 Å². The van der Waals surface area contributed by atoms with E-state index in [0.717, 1.165) is 5.56 Å². The molecule has 9 heteroatoms. The van der Waals surface area contributed by atoms with Gasteiger partial charge in [-0.05, 0) is 18.2 Å². The molecule has 0 saturated heterocycles. The van der Waals surface area contributed by atoms with Gasteiger partial charge in [0.25, 0.3) is 0 Å². The summed E-state index contributed by atoms with van der Waals surface area (Å²) in [5.41, 5.74) is 2.42. The van der Waals surface area contributed by atoms with E-state index in [1.54, 1.807) is 31.3 Å². The van der Waals surface area contributed by atoms with Crippen molar-refractivity contribution in [2.45, 2.75) is 6.54 Å². The zero-order chi connectivity index (χ0) is 19.8. The van der Waals surface area contributed by atoms with Crippen molar-refractivity contribution in [2.24, 2.45) is 0 Å². The molecule has 0 bridgehead atoms. The number of halogens is 3. The van der Waals surface area contributed by atoms with Crippen LogP contribution in [0.15, 0.2) is 42.5 Å². The van der Waals surface area contributed by atoms with Crippen molar-refractivity contribution in [2.75, 3.05) is 17.3 Å². The van der Waals surface area contributed by atoms with Crippen LogP contribution in [-0.4, -0.2) is 23.0 Å². The molecule has 28 heavy (non-hydrogen) atoms. The molecule has 2 heterocycles. The lowest BCUT2D eigenvalue weighted by molar-refractivity contribution is 0.247. The highest BCUT2D eigenvalue weighted by Gasteiger charge is 2.33. The molecular formula is C19H14Cl3N5O. The lowest BCUT2D eigenvalue weighted by atomic mass is 10.0. The summed E-state index contributed by atoms with van der Waals surface area (Å²) >= 11 is 19.1. The Morgan fingerprint density at radius 2 is 1.68 bits per heavy atom. The number of benzene rings is 2. The predicted octanol–water partition coefficient (Wildman–Crippen LogP) is 5.51. The SMILES string of the molecule is CNc1nc(-c2ccccc2Cl)c2c(n1)N(c1c(Cl)cccc1Cl)C(=O)NC2. The van der Waals surface area contributed by atoms with Crippen LogP contribution in [0, 0.1) is 0 Å². The zero-order valence-corrected chi connectivity index (χ0v) is 16.9. The van der Waals surface area contributed by atoms with Gasteiger partial charge in [-0.3, -0.25) is 0 Å². The Balaban J connectivity index is 2.01.